The summed E-state index contributed by atoms with van der Waals surface area (Å²) in [6.45, 7) is 5.59. The van der Waals surface area contributed by atoms with Crippen LogP contribution in [0.1, 0.15) is 37.3 Å². The maximum absolute atomic E-state index is 12.1. The Morgan fingerprint density at radius 3 is 2.59 bits per heavy atom. The first-order chi connectivity index (χ1) is 10.6. The van der Waals surface area contributed by atoms with Crippen LogP contribution in [0.2, 0.25) is 0 Å². The third-order valence-corrected chi connectivity index (χ3v) is 4.55. The van der Waals surface area contributed by atoms with Gasteiger partial charge < -0.3 is 5.32 Å². The number of likely N-dealkylation sites (N-methyl/N-ethyl adjacent to an activating group) is 1. The number of hydrogen-bond donors (Lipinski definition) is 1. The largest absolute Gasteiger partial charge is 0.325 e. The van der Waals surface area contributed by atoms with Gasteiger partial charge in [-0.1, -0.05) is 26.0 Å². The van der Waals surface area contributed by atoms with Gasteiger partial charge in [0, 0.05) is 12.2 Å². The van der Waals surface area contributed by atoms with Gasteiger partial charge in [-0.3, -0.25) is 9.69 Å². The number of nitrogens with zero attached hydrogens (tertiary/aromatic N) is 1. The van der Waals surface area contributed by atoms with Gasteiger partial charge in [0.05, 0.1) is 6.54 Å². The van der Waals surface area contributed by atoms with E-state index >= 15 is 0 Å². The Bertz CT molecular complexity index is 578. The smallest absolute Gasteiger partial charge is 0.238 e. The van der Waals surface area contributed by atoms with E-state index in [1.54, 1.807) is 11.3 Å². The minimum absolute atomic E-state index is 0.0222. The van der Waals surface area contributed by atoms with Crippen molar-refractivity contribution in [2.45, 2.75) is 32.7 Å². The number of thiophene rings is 1. The van der Waals surface area contributed by atoms with Crippen molar-refractivity contribution in [2.24, 2.45) is 0 Å². The zero-order valence-corrected chi connectivity index (χ0v) is 14.3. The Kier molecular flexibility index (Phi) is 6.16. The lowest BCUT2D eigenvalue weighted by Crippen LogP contribution is -2.29. The molecule has 0 aliphatic carbocycles. The first-order valence-corrected chi connectivity index (χ1v) is 8.62. The summed E-state index contributed by atoms with van der Waals surface area (Å²) in [5.74, 6) is 0.579. The number of amides is 1. The highest BCUT2D eigenvalue weighted by atomic mass is 32.1. The molecule has 3 nitrogen and oxygen atoms in total. The van der Waals surface area contributed by atoms with E-state index in [-0.39, 0.29) is 5.91 Å². The quantitative estimate of drug-likeness (QED) is 0.824. The molecule has 0 bridgehead atoms. The molecule has 1 heterocycles. The van der Waals surface area contributed by atoms with Crippen molar-refractivity contribution in [3.63, 3.8) is 0 Å². The van der Waals surface area contributed by atoms with Gasteiger partial charge in [-0.2, -0.15) is 11.3 Å². The molecule has 1 amide bonds. The van der Waals surface area contributed by atoms with Crippen molar-refractivity contribution in [3.05, 3.63) is 52.2 Å². The number of anilines is 1. The van der Waals surface area contributed by atoms with Crippen LogP contribution in [0.4, 0.5) is 5.69 Å². The summed E-state index contributed by atoms with van der Waals surface area (Å²) in [4.78, 5) is 14.1. The fourth-order valence-electron chi connectivity index (χ4n) is 2.33. The second kappa shape index (κ2) is 8.11. The Hall–Kier alpha value is -1.65. The van der Waals surface area contributed by atoms with E-state index < -0.39 is 0 Å². The molecule has 0 fully saturated rings. The molecule has 2 aromatic rings. The Morgan fingerprint density at radius 2 is 2.00 bits per heavy atom. The molecule has 0 saturated heterocycles. The van der Waals surface area contributed by atoms with Crippen LogP contribution in [-0.2, 0) is 11.3 Å². The van der Waals surface area contributed by atoms with Crippen molar-refractivity contribution in [1.82, 2.24) is 4.90 Å². The van der Waals surface area contributed by atoms with Crippen molar-refractivity contribution >= 4 is 22.9 Å². The molecule has 1 N–H and O–H groups in total. The molecular weight excluding hydrogens is 292 g/mol. The molecule has 118 valence electrons. The van der Waals surface area contributed by atoms with Crippen molar-refractivity contribution in [1.29, 1.82) is 0 Å². The first kappa shape index (κ1) is 16.7. The highest BCUT2D eigenvalue weighted by Gasteiger charge is 2.08. The average molecular weight is 316 g/mol. The lowest BCUT2D eigenvalue weighted by Gasteiger charge is -2.16. The maximum atomic E-state index is 12.1. The van der Waals surface area contributed by atoms with Crippen LogP contribution >= 0.6 is 11.3 Å². The second-order valence-corrected chi connectivity index (χ2v) is 6.56. The van der Waals surface area contributed by atoms with Crippen molar-refractivity contribution < 1.29 is 4.79 Å². The molecule has 1 aromatic heterocycles. The number of carbonyl (C=O) groups is 1. The molecule has 2 rings (SSSR count). The summed E-state index contributed by atoms with van der Waals surface area (Å²) in [7, 11) is 1.96. The van der Waals surface area contributed by atoms with E-state index in [4.69, 9.17) is 0 Å². The number of nitrogens with one attached hydrogen (secondary N) is 1. The number of benzene rings is 1. The van der Waals surface area contributed by atoms with Gasteiger partial charge in [0.15, 0.2) is 0 Å². The van der Waals surface area contributed by atoms with Crippen molar-refractivity contribution in [2.75, 3.05) is 18.9 Å². The van der Waals surface area contributed by atoms with Crippen LogP contribution in [0, 0.1) is 0 Å². The summed E-state index contributed by atoms with van der Waals surface area (Å²) in [6, 6.07) is 10.3. The van der Waals surface area contributed by atoms with E-state index in [2.05, 4.69) is 48.1 Å². The van der Waals surface area contributed by atoms with E-state index in [0.717, 1.165) is 18.7 Å². The van der Waals surface area contributed by atoms with Crippen LogP contribution in [0.5, 0.6) is 0 Å². The van der Waals surface area contributed by atoms with Gasteiger partial charge in [-0.25, -0.2) is 0 Å². The number of hydrogen-bond acceptors (Lipinski definition) is 3. The maximum Gasteiger partial charge on any atom is 0.238 e. The van der Waals surface area contributed by atoms with Gasteiger partial charge in [0.25, 0.3) is 0 Å². The fourth-order valence-corrected chi connectivity index (χ4v) is 2.99. The molecule has 4 heteroatoms. The van der Waals surface area contributed by atoms with E-state index in [9.17, 15) is 4.79 Å². The number of rotatable bonds is 7. The molecule has 0 spiro atoms. The molecule has 0 aliphatic rings. The molecule has 0 radical (unpaired) electrons. The Labute approximate surface area is 137 Å². The van der Waals surface area contributed by atoms with Crippen LogP contribution in [0.25, 0.3) is 0 Å². The molecule has 22 heavy (non-hydrogen) atoms. The monoisotopic (exact) mass is 316 g/mol. The predicted octanol–water partition coefficient (Wildman–Crippen LogP) is 4.33. The summed E-state index contributed by atoms with van der Waals surface area (Å²) >= 11 is 1.68. The van der Waals surface area contributed by atoms with Gasteiger partial charge >= 0.3 is 0 Å². The van der Waals surface area contributed by atoms with Gasteiger partial charge in [0.1, 0.15) is 0 Å². The molecule has 0 saturated carbocycles. The molecule has 1 atom stereocenters. The van der Waals surface area contributed by atoms with Crippen molar-refractivity contribution in [3.8, 4) is 0 Å². The minimum Gasteiger partial charge on any atom is -0.325 e. The third-order valence-electron chi connectivity index (χ3n) is 3.82. The van der Waals surface area contributed by atoms with E-state index in [0.29, 0.717) is 12.5 Å². The summed E-state index contributed by atoms with van der Waals surface area (Å²) in [5.41, 5.74) is 3.43. The van der Waals surface area contributed by atoms with Crippen LogP contribution in [-0.4, -0.2) is 24.4 Å². The zero-order chi connectivity index (χ0) is 15.9. The van der Waals surface area contributed by atoms with Crippen LogP contribution in [0.15, 0.2) is 41.1 Å². The Morgan fingerprint density at radius 1 is 1.27 bits per heavy atom. The second-order valence-electron chi connectivity index (χ2n) is 5.78. The van der Waals surface area contributed by atoms with E-state index in [1.807, 2.05) is 24.1 Å². The van der Waals surface area contributed by atoms with Gasteiger partial charge in [-0.05, 0) is 59.5 Å². The zero-order valence-electron chi connectivity index (χ0n) is 13.5. The highest BCUT2D eigenvalue weighted by Crippen LogP contribution is 2.20. The average Bonchev–Trinajstić information content (AvgIpc) is 2.99. The molecule has 0 unspecified atom stereocenters. The highest BCUT2D eigenvalue weighted by molar-refractivity contribution is 7.07. The molecular formula is C18H24N2OS. The third kappa shape index (κ3) is 4.97. The van der Waals surface area contributed by atoms with Gasteiger partial charge in [-0.15, -0.1) is 0 Å². The standard InChI is InChI=1S/C18H24N2OS/c1-4-14(2)16-5-7-17(8-6-16)19-18(21)12-20(3)11-15-9-10-22-13-15/h5-10,13-14H,4,11-12H2,1-3H3,(H,19,21)/t14-/m0/s1. The lowest BCUT2D eigenvalue weighted by atomic mass is 9.99. The lowest BCUT2D eigenvalue weighted by molar-refractivity contribution is -0.117. The van der Waals surface area contributed by atoms with E-state index in [1.165, 1.54) is 11.1 Å². The van der Waals surface area contributed by atoms with Gasteiger partial charge in [0.2, 0.25) is 5.91 Å². The fraction of sp³-hybridized carbons (Fsp3) is 0.389. The minimum atomic E-state index is 0.0222. The molecule has 1 aromatic carbocycles. The predicted molar refractivity (Wildman–Crippen MR) is 94.4 cm³/mol. The number of carbonyl (C=O) groups excluding carboxylic acids is 1. The normalized spacial score (nSPS) is 12.4. The SMILES string of the molecule is CC[C@H](C)c1ccc(NC(=O)CN(C)Cc2ccsc2)cc1. The first-order valence-electron chi connectivity index (χ1n) is 7.68. The van der Waals surface area contributed by atoms with Crippen LogP contribution in [0.3, 0.4) is 0 Å². The van der Waals surface area contributed by atoms with Crippen LogP contribution < -0.4 is 5.32 Å². The summed E-state index contributed by atoms with van der Waals surface area (Å²) in [6.07, 6.45) is 1.12. The topological polar surface area (TPSA) is 32.3 Å². The molecule has 0 aliphatic heterocycles. The Balaban J connectivity index is 1.83. The summed E-state index contributed by atoms with van der Waals surface area (Å²) in [5, 5.41) is 7.13. The summed E-state index contributed by atoms with van der Waals surface area (Å²) < 4.78 is 0.